The number of carbonyl (C=O) groups is 1. The van der Waals surface area contributed by atoms with E-state index in [0.717, 1.165) is 30.9 Å². The fourth-order valence-corrected chi connectivity index (χ4v) is 4.25. The Morgan fingerprint density at radius 1 is 1.17 bits per heavy atom. The highest BCUT2D eigenvalue weighted by atomic mass is 19.1. The normalized spacial score (nSPS) is 19.1. The molecule has 0 radical (unpaired) electrons. The van der Waals surface area contributed by atoms with Crippen LogP contribution in [0.25, 0.3) is 0 Å². The molecule has 2 atom stereocenters. The summed E-state index contributed by atoms with van der Waals surface area (Å²) in [6.07, 6.45) is 0. The second-order valence-corrected chi connectivity index (χ2v) is 7.92. The molecule has 0 saturated carbocycles. The molecule has 0 spiro atoms. The van der Waals surface area contributed by atoms with Crippen LogP contribution in [-0.4, -0.2) is 62.7 Å². The van der Waals surface area contributed by atoms with Crippen LogP contribution in [0.15, 0.2) is 48.5 Å². The Morgan fingerprint density at radius 2 is 1.93 bits per heavy atom. The van der Waals surface area contributed by atoms with Crippen LogP contribution in [0.4, 0.5) is 4.39 Å². The van der Waals surface area contributed by atoms with Gasteiger partial charge in [0, 0.05) is 52.7 Å². The molecule has 0 N–H and O–H groups in total. The van der Waals surface area contributed by atoms with Crippen molar-refractivity contribution in [3.05, 3.63) is 65.5 Å². The van der Waals surface area contributed by atoms with Gasteiger partial charge in [0.25, 0.3) is 0 Å². The van der Waals surface area contributed by atoms with Crippen molar-refractivity contribution in [2.75, 3.05) is 47.0 Å². The van der Waals surface area contributed by atoms with Crippen LogP contribution in [0, 0.1) is 11.7 Å². The molecule has 6 heteroatoms. The number of halogens is 1. The molecule has 0 aromatic heterocycles. The van der Waals surface area contributed by atoms with E-state index in [1.54, 1.807) is 21.1 Å². The summed E-state index contributed by atoms with van der Waals surface area (Å²) >= 11 is 0. The highest BCUT2D eigenvalue weighted by molar-refractivity contribution is 5.73. The number of hydrogen-bond acceptors (Lipinski definition) is 4. The third kappa shape index (κ3) is 5.80. The van der Waals surface area contributed by atoms with Crippen molar-refractivity contribution in [1.29, 1.82) is 0 Å². The van der Waals surface area contributed by atoms with Crippen molar-refractivity contribution in [2.24, 2.45) is 5.92 Å². The second-order valence-electron chi connectivity index (χ2n) is 7.92. The molecule has 162 valence electrons. The molecule has 1 amide bonds. The van der Waals surface area contributed by atoms with E-state index in [4.69, 9.17) is 9.47 Å². The zero-order valence-electron chi connectivity index (χ0n) is 18.0. The van der Waals surface area contributed by atoms with Crippen LogP contribution in [-0.2, 0) is 16.1 Å². The Bertz CT molecular complexity index is 827. The van der Waals surface area contributed by atoms with Gasteiger partial charge >= 0.3 is 0 Å². The van der Waals surface area contributed by atoms with Crippen LogP contribution >= 0.6 is 0 Å². The molecule has 0 aliphatic carbocycles. The van der Waals surface area contributed by atoms with E-state index >= 15 is 0 Å². The lowest BCUT2D eigenvalue weighted by Crippen LogP contribution is -2.38. The van der Waals surface area contributed by atoms with Gasteiger partial charge in [-0.15, -0.1) is 0 Å². The first-order valence-electron chi connectivity index (χ1n) is 10.4. The smallest absolute Gasteiger partial charge is 0.219 e. The summed E-state index contributed by atoms with van der Waals surface area (Å²) in [7, 11) is 3.32. The predicted molar refractivity (Wildman–Crippen MR) is 115 cm³/mol. The summed E-state index contributed by atoms with van der Waals surface area (Å²) in [5, 5.41) is 0. The minimum atomic E-state index is -0.230. The van der Waals surface area contributed by atoms with Gasteiger partial charge in [-0.25, -0.2) is 4.39 Å². The van der Waals surface area contributed by atoms with Gasteiger partial charge in [0.1, 0.15) is 11.6 Å². The maximum atomic E-state index is 13.5. The van der Waals surface area contributed by atoms with Crippen LogP contribution in [0.5, 0.6) is 5.75 Å². The SMILES string of the molecule is COCCN(CC1CN(Cc2cccc(OC)c2)CC1c1ccc(F)cc1)C(C)=O. The van der Waals surface area contributed by atoms with Crippen molar-refractivity contribution >= 4 is 5.91 Å². The lowest BCUT2D eigenvalue weighted by molar-refractivity contribution is -0.130. The predicted octanol–water partition coefficient (Wildman–Crippen LogP) is 3.54. The van der Waals surface area contributed by atoms with Gasteiger partial charge < -0.3 is 14.4 Å². The van der Waals surface area contributed by atoms with E-state index in [9.17, 15) is 9.18 Å². The number of rotatable bonds is 9. The minimum absolute atomic E-state index is 0.0520. The molecule has 1 aliphatic heterocycles. The summed E-state index contributed by atoms with van der Waals surface area (Å²) in [6, 6.07) is 14.9. The van der Waals surface area contributed by atoms with Gasteiger partial charge in [0.15, 0.2) is 0 Å². The lowest BCUT2D eigenvalue weighted by Gasteiger charge is -2.27. The Labute approximate surface area is 178 Å². The quantitative estimate of drug-likeness (QED) is 0.629. The van der Waals surface area contributed by atoms with Crippen molar-refractivity contribution in [3.63, 3.8) is 0 Å². The van der Waals surface area contributed by atoms with E-state index in [-0.39, 0.29) is 23.6 Å². The summed E-state index contributed by atoms with van der Waals surface area (Å²) < 4.78 is 24.0. The van der Waals surface area contributed by atoms with Gasteiger partial charge in [-0.1, -0.05) is 24.3 Å². The molecular formula is C24H31FN2O3. The number of likely N-dealkylation sites (tertiary alicyclic amines) is 1. The number of methoxy groups -OCH3 is 2. The molecule has 0 bridgehead atoms. The molecule has 2 aromatic carbocycles. The summed E-state index contributed by atoms with van der Waals surface area (Å²) in [5.41, 5.74) is 2.31. The first kappa shape index (κ1) is 22.2. The molecule has 1 heterocycles. The zero-order chi connectivity index (χ0) is 21.5. The number of amides is 1. The van der Waals surface area contributed by atoms with E-state index in [2.05, 4.69) is 17.0 Å². The molecule has 1 aliphatic rings. The summed E-state index contributed by atoms with van der Waals surface area (Å²) in [6.45, 7) is 5.90. The monoisotopic (exact) mass is 414 g/mol. The van der Waals surface area contributed by atoms with Gasteiger partial charge in [-0.05, 0) is 41.3 Å². The molecule has 30 heavy (non-hydrogen) atoms. The third-order valence-corrected chi connectivity index (χ3v) is 5.82. The van der Waals surface area contributed by atoms with Crippen molar-refractivity contribution < 1.29 is 18.7 Å². The molecule has 3 rings (SSSR count). The molecule has 5 nitrogen and oxygen atoms in total. The molecule has 1 saturated heterocycles. The number of benzene rings is 2. The Morgan fingerprint density at radius 3 is 2.60 bits per heavy atom. The van der Waals surface area contributed by atoms with Gasteiger partial charge in [0.2, 0.25) is 5.91 Å². The fourth-order valence-electron chi connectivity index (χ4n) is 4.25. The molecule has 2 aromatic rings. The van der Waals surface area contributed by atoms with E-state index in [1.165, 1.54) is 17.7 Å². The maximum absolute atomic E-state index is 13.5. The highest BCUT2D eigenvalue weighted by Crippen LogP contribution is 2.34. The second kappa shape index (κ2) is 10.5. The Hall–Kier alpha value is -2.44. The maximum Gasteiger partial charge on any atom is 0.219 e. The fraction of sp³-hybridized carbons (Fsp3) is 0.458. The highest BCUT2D eigenvalue weighted by Gasteiger charge is 2.35. The number of hydrogen-bond donors (Lipinski definition) is 0. The molecule has 2 unspecified atom stereocenters. The molecule has 1 fully saturated rings. The summed E-state index contributed by atoms with van der Waals surface area (Å²) in [5.74, 6) is 1.17. The average molecular weight is 415 g/mol. The van der Waals surface area contributed by atoms with Crippen molar-refractivity contribution in [3.8, 4) is 5.75 Å². The van der Waals surface area contributed by atoms with Gasteiger partial charge in [-0.2, -0.15) is 0 Å². The van der Waals surface area contributed by atoms with E-state index in [1.807, 2.05) is 29.2 Å². The van der Waals surface area contributed by atoms with E-state index in [0.29, 0.717) is 19.7 Å². The topological polar surface area (TPSA) is 42.0 Å². The Kier molecular flexibility index (Phi) is 7.82. The van der Waals surface area contributed by atoms with E-state index < -0.39 is 0 Å². The number of nitrogens with zero attached hydrogens (tertiary/aromatic N) is 2. The van der Waals surface area contributed by atoms with Gasteiger partial charge in [-0.3, -0.25) is 9.69 Å². The standard InChI is InChI=1S/C24H31FN2O3/c1-18(28)27(11-12-29-2)16-21-15-26(14-19-5-4-6-23(13-19)30-3)17-24(21)20-7-9-22(25)10-8-20/h4-10,13,21,24H,11-12,14-17H2,1-3H3. The first-order chi connectivity index (χ1) is 14.5. The van der Waals surface area contributed by atoms with Gasteiger partial charge in [0.05, 0.1) is 13.7 Å². The average Bonchev–Trinajstić information content (AvgIpc) is 3.13. The molecular weight excluding hydrogens is 383 g/mol. The van der Waals surface area contributed by atoms with Crippen LogP contribution in [0.2, 0.25) is 0 Å². The largest absolute Gasteiger partial charge is 0.497 e. The third-order valence-electron chi connectivity index (χ3n) is 5.82. The van der Waals surface area contributed by atoms with Crippen LogP contribution < -0.4 is 4.74 Å². The van der Waals surface area contributed by atoms with Crippen LogP contribution in [0.3, 0.4) is 0 Å². The lowest BCUT2D eigenvalue weighted by atomic mass is 9.88. The number of carbonyl (C=O) groups excluding carboxylic acids is 1. The first-order valence-corrected chi connectivity index (χ1v) is 10.4. The minimum Gasteiger partial charge on any atom is -0.497 e. The van der Waals surface area contributed by atoms with Crippen molar-refractivity contribution in [1.82, 2.24) is 9.80 Å². The number of ether oxygens (including phenoxy) is 2. The van der Waals surface area contributed by atoms with Crippen LogP contribution in [0.1, 0.15) is 24.0 Å². The Balaban J connectivity index is 1.77. The summed E-state index contributed by atoms with van der Waals surface area (Å²) in [4.78, 5) is 16.4. The van der Waals surface area contributed by atoms with Crippen molar-refractivity contribution in [2.45, 2.75) is 19.4 Å². The zero-order valence-corrected chi connectivity index (χ0v) is 18.0.